The lowest BCUT2D eigenvalue weighted by Crippen LogP contribution is -1.91. The van der Waals surface area contributed by atoms with E-state index < -0.39 is 4.92 Å². The molecular weight excluding hydrogens is 270 g/mol. The van der Waals surface area contributed by atoms with Crippen LogP contribution in [-0.4, -0.2) is 9.91 Å². The van der Waals surface area contributed by atoms with E-state index in [0.717, 1.165) is 0 Å². The van der Waals surface area contributed by atoms with Crippen molar-refractivity contribution in [2.45, 2.75) is 0 Å². The predicted molar refractivity (Wildman–Crippen MR) is 67.1 cm³/mol. The highest BCUT2D eigenvalue weighted by atomic mass is 35.5. The molecule has 19 heavy (non-hydrogen) atoms. The molecule has 0 aliphatic rings. The van der Waals surface area contributed by atoms with E-state index in [2.05, 4.69) is 4.98 Å². The first-order chi connectivity index (χ1) is 9.10. The second-order valence-corrected chi connectivity index (χ2v) is 3.87. The van der Waals surface area contributed by atoms with Gasteiger partial charge in [0, 0.05) is 24.4 Å². The third-order valence-electron chi connectivity index (χ3n) is 2.20. The van der Waals surface area contributed by atoms with E-state index in [4.69, 9.17) is 21.6 Å². The predicted octanol–water partition coefficient (Wildman–Crippen LogP) is 3.31. The summed E-state index contributed by atoms with van der Waals surface area (Å²) < 4.78 is 5.44. The fourth-order valence-corrected chi connectivity index (χ4v) is 1.56. The van der Waals surface area contributed by atoms with Crippen LogP contribution >= 0.6 is 11.6 Å². The van der Waals surface area contributed by atoms with Crippen molar-refractivity contribution >= 4 is 17.3 Å². The highest BCUT2D eigenvalue weighted by Crippen LogP contribution is 2.32. The molecule has 7 heteroatoms. The number of nitro groups is 1. The number of nitro benzene ring substituents is 1. The van der Waals surface area contributed by atoms with Crippen molar-refractivity contribution in [3.63, 3.8) is 0 Å². The Balaban J connectivity index is 2.28. The number of benzene rings is 1. The fourth-order valence-electron chi connectivity index (χ4n) is 1.35. The van der Waals surface area contributed by atoms with Gasteiger partial charge in [-0.2, -0.15) is 5.26 Å². The Morgan fingerprint density at radius 2 is 2.16 bits per heavy atom. The van der Waals surface area contributed by atoms with Gasteiger partial charge in [0.05, 0.1) is 9.95 Å². The van der Waals surface area contributed by atoms with Gasteiger partial charge in [-0.3, -0.25) is 10.1 Å². The summed E-state index contributed by atoms with van der Waals surface area (Å²) >= 11 is 5.89. The number of hydrogen-bond acceptors (Lipinski definition) is 5. The molecule has 0 saturated heterocycles. The molecule has 6 nitrogen and oxygen atoms in total. The third kappa shape index (κ3) is 2.97. The van der Waals surface area contributed by atoms with Crippen molar-refractivity contribution in [2.24, 2.45) is 0 Å². The van der Waals surface area contributed by atoms with Gasteiger partial charge in [0.1, 0.15) is 23.3 Å². The molecule has 94 valence electrons. The number of nitriles is 1. The highest BCUT2D eigenvalue weighted by Gasteiger charge is 2.11. The Labute approximate surface area is 113 Å². The molecule has 0 amide bonds. The number of nitrogens with zero attached hydrogens (tertiary/aromatic N) is 3. The molecule has 0 radical (unpaired) electrons. The van der Waals surface area contributed by atoms with Crippen LogP contribution in [0.25, 0.3) is 0 Å². The number of hydrogen-bond donors (Lipinski definition) is 0. The number of halogens is 1. The Kier molecular flexibility index (Phi) is 3.59. The quantitative estimate of drug-likeness (QED) is 0.633. The largest absolute Gasteiger partial charge is 0.456 e. The van der Waals surface area contributed by atoms with Crippen molar-refractivity contribution in [1.82, 2.24) is 4.98 Å². The number of non-ortho nitro benzene ring substituents is 1. The average molecular weight is 276 g/mol. The number of rotatable bonds is 3. The molecular formula is C12H6ClN3O3. The monoisotopic (exact) mass is 275 g/mol. The summed E-state index contributed by atoms with van der Waals surface area (Å²) in [6.07, 6.45) is 1.42. The van der Waals surface area contributed by atoms with Gasteiger partial charge in [-0.25, -0.2) is 4.98 Å². The minimum Gasteiger partial charge on any atom is -0.456 e. The summed E-state index contributed by atoms with van der Waals surface area (Å²) in [6, 6.07) is 8.75. The average Bonchev–Trinajstić information content (AvgIpc) is 2.41. The van der Waals surface area contributed by atoms with Crippen LogP contribution in [0.3, 0.4) is 0 Å². The van der Waals surface area contributed by atoms with E-state index in [1.165, 1.54) is 30.5 Å². The molecule has 0 saturated carbocycles. The zero-order valence-corrected chi connectivity index (χ0v) is 10.2. The molecule has 0 aliphatic carbocycles. The SMILES string of the molecule is N#Cc1cc(Oc2ccc([N+](=O)[O-])cc2Cl)ccn1. The topological polar surface area (TPSA) is 89.0 Å². The Hall–Kier alpha value is -2.65. The minimum absolute atomic E-state index is 0.115. The van der Waals surface area contributed by atoms with Crippen LogP contribution in [-0.2, 0) is 0 Å². The maximum atomic E-state index is 10.6. The zero-order chi connectivity index (χ0) is 13.8. The van der Waals surface area contributed by atoms with E-state index in [0.29, 0.717) is 5.75 Å². The highest BCUT2D eigenvalue weighted by molar-refractivity contribution is 6.32. The first-order valence-corrected chi connectivity index (χ1v) is 5.46. The smallest absolute Gasteiger partial charge is 0.271 e. The van der Waals surface area contributed by atoms with Crippen molar-refractivity contribution < 1.29 is 9.66 Å². The maximum Gasteiger partial charge on any atom is 0.271 e. The maximum absolute atomic E-state index is 10.6. The van der Waals surface area contributed by atoms with E-state index in [9.17, 15) is 10.1 Å². The van der Waals surface area contributed by atoms with E-state index >= 15 is 0 Å². The van der Waals surface area contributed by atoms with Gasteiger partial charge in [-0.05, 0) is 12.1 Å². The number of ether oxygens (including phenoxy) is 1. The Morgan fingerprint density at radius 3 is 2.79 bits per heavy atom. The number of pyridine rings is 1. The van der Waals surface area contributed by atoms with Gasteiger partial charge in [0.25, 0.3) is 5.69 Å². The number of aromatic nitrogens is 1. The second kappa shape index (κ2) is 5.33. The lowest BCUT2D eigenvalue weighted by Gasteiger charge is -2.07. The van der Waals surface area contributed by atoms with Gasteiger partial charge in [-0.15, -0.1) is 0 Å². The van der Waals surface area contributed by atoms with Crippen molar-refractivity contribution in [3.8, 4) is 17.6 Å². The molecule has 0 N–H and O–H groups in total. The van der Waals surface area contributed by atoms with Crippen LogP contribution in [0.2, 0.25) is 5.02 Å². The van der Waals surface area contributed by atoms with Crippen molar-refractivity contribution in [3.05, 3.63) is 57.4 Å². The Morgan fingerprint density at radius 1 is 1.37 bits per heavy atom. The van der Waals surface area contributed by atoms with Crippen LogP contribution in [0.15, 0.2) is 36.5 Å². The first-order valence-electron chi connectivity index (χ1n) is 5.08. The lowest BCUT2D eigenvalue weighted by atomic mass is 10.3. The fraction of sp³-hybridized carbons (Fsp3) is 0. The Bertz CT molecular complexity index is 682. The summed E-state index contributed by atoms with van der Waals surface area (Å²) in [6.45, 7) is 0. The summed E-state index contributed by atoms with van der Waals surface area (Å²) in [5.41, 5.74) is 0.0836. The molecule has 2 rings (SSSR count). The molecule has 0 atom stereocenters. The van der Waals surface area contributed by atoms with Gasteiger partial charge in [0.15, 0.2) is 0 Å². The van der Waals surface area contributed by atoms with Gasteiger partial charge >= 0.3 is 0 Å². The van der Waals surface area contributed by atoms with Crippen LogP contribution in [0.4, 0.5) is 5.69 Å². The molecule has 1 heterocycles. The van der Waals surface area contributed by atoms with Crippen LogP contribution in [0, 0.1) is 21.4 Å². The third-order valence-corrected chi connectivity index (χ3v) is 2.50. The van der Waals surface area contributed by atoms with Gasteiger partial charge in [0.2, 0.25) is 0 Å². The second-order valence-electron chi connectivity index (χ2n) is 3.46. The summed E-state index contributed by atoms with van der Waals surface area (Å²) in [7, 11) is 0. The normalized spacial score (nSPS) is 9.68. The lowest BCUT2D eigenvalue weighted by molar-refractivity contribution is -0.384. The van der Waals surface area contributed by atoms with E-state index in [1.807, 2.05) is 6.07 Å². The van der Waals surface area contributed by atoms with Gasteiger partial charge < -0.3 is 4.74 Å². The molecule has 0 bridgehead atoms. The van der Waals surface area contributed by atoms with Crippen LogP contribution in [0.1, 0.15) is 5.69 Å². The molecule has 0 aliphatic heterocycles. The van der Waals surface area contributed by atoms with Crippen LogP contribution < -0.4 is 4.74 Å². The van der Waals surface area contributed by atoms with Crippen molar-refractivity contribution in [2.75, 3.05) is 0 Å². The molecule has 2 aromatic rings. The first kappa shape index (κ1) is 12.8. The molecule has 0 unspecified atom stereocenters. The van der Waals surface area contributed by atoms with E-state index in [-0.39, 0.29) is 22.2 Å². The zero-order valence-electron chi connectivity index (χ0n) is 9.41. The minimum atomic E-state index is -0.546. The molecule has 1 aromatic heterocycles. The molecule has 1 aromatic carbocycles. The van der Waals surface area contributed by atoms with E-state index in [1.54, 1.807) is 6.07 Å². The molecule has 0 spiro atoms. The summed E-state index contributed by atoms with van der Waals surface area (Å²) in [4.78, 5) is 13.8. The van der Waals surface area contributed by atoms with Crippen LogP contribution in [0.5, 0.6) is 11.5 Å². The summed E-state index contributed by atoms with van der Waals surface area (Å²) in [5.74, 6) is 0.643. The van der Waals surface area contributed by atoms with Crippen molar-refractivity contribution in [1.29, 1.82) is 5.26 Å². The van der Waals surface area contributed by atoms with Gasteiger partial charge in [-0.1, -0.05) is 11.6 Å². The standard InChI is InChI=1S/C12H6ClN3O3/c13-11-6-9(16(17)18)1-2-12(11)19-10-3-4-15-8(5-10)7-14/h1-6H. The molecule has 0 fully saturated rings. The summed E-state index contributed by atoms with van der Waals surface area (Å²) in [5, 5.41) is 19.4.